The summed E-state index contributed by atoms with van der Waals surface area (Å²) in [7, 11) is 0. The van der Waals surface area contributed by atoms with Crippen molar-refractivity contribution in [1.82, 2.24) is 0 Å². The van der Waals surface area contributed by atoms with E-state index in [2.05, 4.69) is 5.32 Å². The van der Waals surface area contributed by atoms with E-state index in [-0.39, 0.29) is 11.3 Å². The molecular weight excluding hydrogens is 436 g/mol. The fraction of sp³-hybridized carbons (Fsp3) is 0.364. The molecule has 2 amide bonds. The van der Waals surface area contributed by atoms with Crippen molar-refractivity contribution in [2.45, 2.75) is 37.9 Å². The molecule has 0 aromatic heterocycles. The second-order valence-corrected chi connectivity index (χ2v) is 8.59. The van der Waals surface area contributed by atoms with E-state index in [1.54, 1.807) is 6.92 Å². The van der Waals surface area contributed by atoms with E-state index in [1.807, 2.05) is 0 Å². The number of primary amides is 1. The van der Waals surface area contributed by atoms with Gasteiger partial charge in [0.25, 0.3) is 5.91 Å². The Morgan fingerprint density at radius 3 is 2.39 bits per heavy atom. The van der Waals surface area contributed by atoms with Crippen molar-refractivity contribution in [1.29, 1.82) is 0 Å². The largest absolute Gasteiger partial charge is 0.508 e. The minimum absolute atomic E-state index is 0.0403. The molecule has 3 aliphatic carbocycles. The first-order chi connectivity index (χ1) is 15.3. The number of phenolic OH excluding ortho intramolecular Hbond substituents is 1. The number of hydrogen-bond donors (Lipinski definition) is 7. The summed E-state index contributed by atoms with van der Waals surface area (Å²) < 4.78 is 0. The molecule has 11 heteroatoms. The molecule has 0 radical (unpaired) electrons. The van der Waals surface area contributed by atoms with Crippen molar-refractivity contribution in [2.75, 3.05) is 5.32 Å². The first kappa shape index (κ1) is 22.5. The minimum Gasteiger partial charge on any atom is -0.508 e. The van der Waals surface area contributed by atoms with E-state index in [0.717, 1.165) is 0 Å². The van der Waals surface area contributed by atoms with Crippen LogP contribution in [0.5, 0.6) is 5.75 Å². The van der Waals surface area contributed by atoms with Crippen LogP contribution in [0.25, 0.3) is 5.76 Å². The first-order valence-electron chi connectivity index (χ1n) is 10.1. The Kier molecular flexibility index (Phi) is 4.88. The number of ketones is 2. The number of aliphatic hydroxyl groups is 4. The molecular formula is C22H22N2O9. The summed E-state index contributed by atoms with van der Waals surface area (Å²) in [6, 6.07) is 2.90. The van der Waals surface area contributed by atoms with Crippen LogP contribution in [-0.4, -0.2) is 60.6 Å². The molecule has 1 saturated carbocycles. The number of nitrogens with one attached hydrogen (secondary N) is 1. The number of benzene rings is 1. The number of carbonyl (C=O) groups is 4. The Bertz CT molecular complexity index is 1210. The molecule has 0 saturated heterocycles. The molecule has 0 bridgehead atoms. The molecule has 0 unspecified atom stereocenters. The van der Waals surface area contributed by atoms with E-state index in [1.165, 1.54) is 19.1 Å². The lowest BCUT2D eigenvalue weighted by Gasteiger charge is -2.50. The molecule has 1 aromatic carbocycles. The van der Waals surface area contributed by atoms with Crippen LogP contribution in [0.4, 0.5) is 5.69 Å². The van der Waals surface area contributed by atoms with Crippen LogP contribution < -0.4 is 11.1 Å². The van der Waals surface area contributed by atoms with Crippen molar-refractivity contribution in [3.8, 4) is 5.75 Å². The standard InChI is InChI=1S/C22H22N2O9/c1-6-8-3-4-10(24-7(2)25)17(28)13(8)18(29)15-12(6)16(27)9-5-11(26)14(21(23)32)19(30)22(9,33)20(15)31/h3-4,6,9,12,16,27-30,33H,5H2,1-2H3,(H2,23,32)(H,24,25)/t6-,9-,12-,16-,22-/m1/s1. The molecule has 4 rings (SSSR count). The van der Waals surface area contributed by atoms with Crippen LogP contribution in [0, 0.1) is 11.8 Å². The third-order valence-corrected chi connectivity index (χ3v) is 6.81. The number of rotatable bonds is 2. The minimum atomic E-state index is -2.89. The van der Waals surface area contributed by atoms with Crippen LogP contribution >= 0.6 is 0 Å². The summed E-state index contributed by atoms with van der Waals surface area (Å²) >= 11 is 0. The highest BCUT2D eigenvalue weighted by molar-refractivity contribution is 6.23. The number of fused-ring (bicyclic) bond motifs is 3. The molecule has 0 spiro atoms. The zero-order valence-electron chi connectivity index (χ0n) is 17.6. The fourth-order valence-electron chi connectivity index (χ4n) is 5.29. The van der Waals surface area contributed by atoms with Crippen LogP contribution in [-0.2, 0) is 19.2 Å². The molecule has 5 atom stereocenters. The molecule has 33 heavy (non-hydrogen) atoms. The van der Waals surface area contributed by atoms with Gasteiger partial charge < -0.3 is 36.6 Å². The van der Waals surface area contributed by atoms with Gasteiger partial charge in [-0.05, 0) is 17.5 Å². The molecule has 8 N–H and O–H groups in total. The Balaban J connectivity index is 1.99. The van der Waals surface area contributed by atoms with Crippen LogP contribution in [0.15, 0.2) is 29.0 Å². The summed E-state index contributed by atoms with van der Waals surface area (Å²) in [5.41, 5.74) is 0.937. The van der Waals surface area contributed by atoms with E-state index >= 15 is 0 Å². The monoisotopic (exact) mass is 458 g/mol. The van der Waals surface area contributed by atoms with E-state index in [9.17, 15) is 44.7 Å². The molecule has 1 aromatic rings. The van der Waals surface area contributed by atoms with Crippen LogP contribution in [0.3, 0.4) is 0 Å². The SMILES string of the molecule is CC(=O)Nc1ccc2c(c1O)C(O)=C1C(=O)[C@]3(O)C(O)=C(C(N)=O)C(=O)C[C@@H]3[C@@H](O)[C@@H]1[C@@H]2C. The summed E-state index contributed by atoms with van der Waals surface area (Å²) in [5.74, 6) is -9.89. The quantitative estimate of drug-likeness (QED) is 0.233. The predicted octanol–water partition coefficient (Wildman–Crippen LogP) is -0.0859. The highest BCUT2D eigenvalue weighted by atomic mass is 16.4. The number of aromatic hydroxyl groups is 1. The van der Waals surface area contributed by atoms with Crippen molar-refractivity contribution in [3.63, 3.8) is 0 Å². The van der Waals surface area contributed by atoms with Gasteiger partial charge in [0.15, 0.2) is 11.4 Å². The van der Waals surface area contributed by atoms with Crippen molar-refractivity contribution in [3.05, 3.63) is 40.2 Å². The number of anilines is 1. The van der Waals surface area contributed by atoms with Gasteiger partial charge >= 0.3 is 0 Å². The van der Waals surface area contributed by atoms with Gasteiger partial charge in [0.2, 0.25) is 11.7 Å². The van der Waals surface area contributed by atoms with Crippen molar-refractivity contribution < 1.29 is 44.7 Å². The molecule has 3 aliphatic rings. The number of hydrogen-bond acceptors (Lipinski definition) is 9. The number of Topliss-reactive ketones (excluding diaryl/α,β-unsaturated/α-hetero) is 2. The zero-order valence-corrected chi connectivity index (χ0v) is 17.6. The first-order valence-corrected chi connectivity index (χ1v) is 10.1. The van der Waals surface area contributed by atoms with Gasteiger partial charge in [-0.15, -0.1) is 0 Å². The van der Waals surface area contributed by atoms with Crippen molar-refractivity contribution in [2.24, 2.45) is 17.6 Å². The highest BCUT2D eigenvalue weighted by Gasteiger charge is 2.64. The Hall–Kier alpha value is -3.70. The Morgan fingerprint density at radius 2 is 1.82 bits per heavy atom. The molecule has 1 fully saturated rings. The Morgan fingerprint density at radius 1 is 1.18 bits per heavy atom. The lowest BCUT2D eigenvalue weighted by molar-refractivity contribution is -0.160. The Labute approximate surface area is 186 Å². The summed E-state index contributed by atoms with van der Waals surface area (Å²) in [6.07, 6.45) is -2.23. The van der Waals surface area contributed by atoms with E-state index < -0.39 is 87.7 Å². The van der Waals surface area contributed by atoms with Gasteiger partial charge in [0.05, 0.1) is 17.4 Å². The van der Waals surface area contributed by atoms with E-state index in [0.29, 0.717) is 5.56 Å². The third-order valence-electron chi connectivity index (χ3n) is 6.81. The second-order valence-electron chi connectivity index (χ2n) is 8.59. The lowest BCUT2D eigenvalue weighted by atomic mass is 9.55. The van der Waals surface area contributed by atoms with E-state index in [4.69, 9.17) is 5.73 Å². The average Bonchev–Trinajstić information content (AvgIpc) is 2.72. The lowest BCUT2D eigenvalue weighted by Crippen LogP contribution is -2.63. The van der Waals surface area contributed by atoms with Crippen LogP contribution in [0.2, 0.25) is 0 Å². The maximum Gasteiger partial charge on any atom is 0.255 e. The van der Waals surface area contributed by atoms with Gasteiger partial charge in [0.1, 0.15) is 22.8 Å². The third kappa shape index (κ3) is 2.82. The molecule has 0 heterocycles. The fourth-order valence-corrected chi connectivity index (χ4v) is 5.29. The second kappa shape index (κ2) is 7.15. The summed E-state index contributed by atoms with van der Waals surface area (Å²) in [5, 5.41) is 57.0. The van der Waals surface area contributed by atoms with Gasteiger partial charge in [0, 0.05) is 30.8 Å². The number of amides is 2. The summed E-state index contributed by atoms with van der Waals surface area (Å²) in [6.45, 7) is 2.83. The number of nitrogens with two attached hydrogens (primary N) is 1. The van der Waals surface area contributed by atoms with Gasteiger partial charge in [-0.25, -0.2) is 0 Å². The maximum atomic E-state index is 13.5. The zero-order chi connectivity index (χ0) is 24.6. The topological polar surface area (TPSA) is 207 Å². The summed E-state index contributed by atoms with van der Waals surface area (Å²) in [4.78, 5) is 49.0. The molecule has 11 nitrogen and oxygen atoms in total. The van der Waals surface area contributed by atoms with Gasteiger partial charge in [-0.3, -0.25) is 19.2 Å². The normalized spacial score (nSPS) is 31.0. The maximum absolute atomic E-state index is 13.5. The predicted molar refractivity (Wildman–Crippen MR) is 112 cm³/mol. The smallest absolute Gasteiger partial charge is 0.255 e. The van der Waals surface area contributed by atoms with Crippen LogP contribution in [0.1, 0.15) is 37.3 Å². The molecule has 174 valence electrons. The van der Waals surface area contributed by atoms with Gasteiger partial charge in [-0.2, -0.15) is 0 Å². The average molecular weight is 458 g/mol. The molecule has 0 aliphatic heterocycles. The highest BCUT2D eigenvalue weighted by Crippen LogP contribution is 2.56. The number of aliphatic hydroxyl groups excluding tert-OH is 3. The van der Waals surface area contributed by atoms with Crippen molar-refractivity contribution >= 4 is 34.8 Å². The van der Waals surface area contributed by atoms with Gasteiger partial charge in [-0.1, -0.05) is 13.0 Å². The number of carbonyl (C=O) groups excluding carboxylic acids is 4. The number of phenols is 1.